The van der Waals surface area contributed by atoms with Gasteiger partial charge in [-0.2, -0.15) is 0 Å². The van der Waals surface area contributed by atoms with E-state index >= 15 is 0 Å². The van der Waals surface area contributed by atoms with Gasteiger partial charge in [-0.1, -0.05) is 37.3 Å². The van der Waals surface area contributed by atoms with Crippen LogP contribution in [0.25, 0.3) is 16.9 Å². The topological polar surface area (TPSA) is 64.9 Å². The summed E-state index contributed by atoms with van der Waals surface area (Å²) in [5.41, 5.74) is 6.19. The fraction of sp³-hybridized carbons (Fsp3) is 0.208. The van der Waals surface area contributed by atoms with E-state index < -0.39 is 0 Å². The van der Waals surface area contributed by atoms with Crippen LogP contribution in [0.3, 0.4) is 0 Å². The van der Waals surface area contributed by atoms with Crippen LogP contribution in [0, 0.1) is 6.92 Å². The van der Waals surface area contributed by atoms with Crippen molar-refractivity contribution in [2.75, 3.05) is 12.4 Å². The Bertz CT molecular complexity index is 1130. The molecule has 30 heavy (non-hydrogen) atoms. The van der Waals surface area contributed by atoms with Gasteiger partial charge in [-0.05, 0) is 48.7 Å². The maximum atomic E-state index is 5.59. The molecule has 152 valence electrons. The zero-order valence-electron chi connectivity index (χ0n) is 17.5. The molecule has 2 heterocycles. The van der Waals surface area contributed by atoms with Crippen LogP contribution in [0.1, 0.15) is 23.7 Å². The number of imidazole rings is 1. The van der Waals surface area contributed by atoms with Crippen molar-refractivity contribution in [3.8, 4) is 22.7 Å². The Kier molecular flexibility index (Phi) is 5.75. The Morgan fingerprint density at radius 1 is 1.00 bits per heavy atom. The van der Waals surface area contributed by atoms with Gasteiger partial charge in [0.05, 0.1) is 30.5 Å². The van der Waals surface area contributed by atoms with E-state index in [1.165, 1.54) is 11.1 Å². The second-order valence-corrected chi connectivity index (χ2v) is 7.14. The molecule has 0 spiro atoms. The minimum Gasteiger partial charge on any atom is -0.495 e. The summed E-state index contributed by atoms with van der Waals surface area (Å²) in [6, 6.07) is 18.5. The SMILES string of the molecule is CCc1cccc(CNc2ccc(-c3ccc(-n4cnc(C)c4)c(OC)c3)nn2)c1. The zero-order valence-corrected chi connectivity index (χ0v) is 17.5. The first-order chi connectivity index (χ1) is 14.7. The van der Waals surface area contributed by atoms with Gasteiger partial charge in [0, 0.05) is 18.3 Å². The van der Waals surface area contributed by atoms with Gasteiger partial charge >= 0.3 is 0 Å². The van der Waals surface area contributed by atoms with E-state index in [0.29, 0.717) is 6.54 Å². The first-order valence-corrected chi connectivity index (χ1v) is 10.0. The number of nitrogens with zero attached hydrogens (tertiary/aromatic N) is 4. The summed E-state index contributed by atoms with van der Waals surface area (Å²) < 4.78 is 7.54. The van der Waals surface area contributed by atoms with Crippen molar-refractivity contribution in [1.29, 1.82) is 0 Å². The number of hydrogen-bond acceptors (Lipinski definition) is 5. The standard InChI is InChI=1S/C24H25N5O/c1-4-18-6-5-7-19(12-18)14-25-24-11-9-21(27-28-24)20-8-10-22(23(13-20)30-3)29-15-17(2)26-16-29/h5-13,15-16H,4,14H2,1-3H3,(H,25,28). The van der Waals surface area contributed by atoms with Crippen LogP contribution < -0.4 is 10.1 Å². The molecule has 0 saturated carbocycles. The second-order valence-electron chi connectivity index (χ2n) is 7.14. The van der Waals surface area contributed by atoms with Crippen molar-refractivity contribution in [2.24, 2.45) is 0 Å². The lowest BCUT2D eigenvalue weighted by Gasteiger charge is -2.11. The van der Waals surface area contributed by atoms with Gasteiger partial charge in [-0.3, -0.25) is 0 Å². The number of aromatic nitrogens is 4. The molecule has 0 atom stereocenters. The Hall–Kier alpha value is -3.67. The molecule has 0 amide bonds. The summed E-state index contributed by atoms with van der Waals surface area (Å²) in [5, 5.41) is 12.1. The smallest absolute Gasteiger partial charge is 0.148 e. The molecular formula is C24H25N5O. The van der Waals surface area contributed by atoms with E-state index in [-0.39, 0.29) is 0 Å². The maximum absolute atomic E-state index is 5.59. The summed E-state index contributed by atoms with van der Waals surface area (Å²) in [4.78, 5) is 4.29. The number of ether oxygens (including phenoxy) is 1. The minimum absolute atomic E-state index is 0.717. The molecule has 1 N–H and O–H groups in total. The van der Waals surface area contributed by atoms with Crippen LogP contribution in [0.15, 0.2) is 67.1 Å². The monoisotopic (exact) mass is 399 g/mol. The van der Waals surface area contributed by atoms with E-state index in [1.807, 2.05) is 48.0 Å². The highest BCUT2D eigenvalue weighted by molar-refractivity contribution is 5.65. The van der Waals surface area contributed by atoms with E-state index in [9.17, 15) is 0 Å². The Labute approximate surface area is 176 Å². The van der Waals surface area contributed by atoms with E-state index in [0.717, 1.165) is 40.6 Å². The zero-order chi connectivity index (χ0) is 20.9. The van der Waals surface area contributed by atoms with Crippen molar-refractivity contribution in [1.82, 2.24) is 19.7 Å². The number of methoxy groups -OCH3 is 1. The van der Waals surface area contributed by atoms with Crippen molar-refractivity contribution in [3.05, 3.63) is 83.9 Å². The largest absolute Gasteiger partial charge is 0.495 e. The summed E-state index contributed by atoms with van der Waals surface area (Å²) in [7, 11) is 1.67. The number of aryl methyl sites for hydroxylation is 2. The van der Waals surface area contributed by atoms with Crippen LogP contribution in [0.2, 0.25) is 0 Å². The fourth-order valence-corrected chi connectivity index (χ4v) is 3.34. The first-order valence-electron chi connectivity index (χ1n) is 10.0. The third-order valence-corrected chi connectivity index (χ3v) is 5.00. The molecule has 6 nitrogen and oxygen atoms in total. The molecule has 0 unspecified atom stereocenters. The lowest BCUT2D eigenvalue weighted by atomic mass is 10.1. The molecule has 0 aliphatic rings. The van der Waals surface area contributed by atoms with Crippen molar-refractivity contribution < 1.29 is 4.74 Å². The predicted octanol–water partition coefficient (Wildman–Crippen LogP) is 4.82. The van der Waals surface area contributed by atoms with E-state index in [1.54, 1.807) is 13.4 Å². The highest BCUT2D eigenvalue weighted by Crippen LogP contribution is 2.29. The molecule has 2 aromatic heterocycles. The second kappa shape index (κ2) is 8.78. The molecule has 0 fully saturated rings. The van der Waals surface area contributed by atoms with Gasteiger partial charge in [0.2, 0.25) is 0 Å². The summed E-state index contributed by atoms with van der Waals surface area (Å²) in [5.74, 6) is 1.50. The first kappa shape index (κ1) is 19.6. The normalized spacial score (nSPS) is 10.8. The minimum atomic E-state index is 0.717. The molecule has 4 rings (SSSR count). The number of benzene rings is 2. The molecule has 0 saturated heterocycles. The van der Waals surface area contributed by atoms with E-state index in [2.05, 4.69) is 51.7 Å². The summed E-state index contributed by atoms with van der Waals surface area (Å²) in [6.07, 6.45) is 4.78. The molecule has 0 bridgehead atoms. The van der Waals surface area contributed by atoms with Gasteiger partial charge in [-0.15, -0.1) is 10.2 Å². The highest BCUT2D eigenvalue weighted by Gasteiger charge is 2.10. The number of hydrogen-bond donors (Lipinski definition) is 1. The molecule has 0 aliphatic heterocycles. The lowest BCUT2D eigenvalue weighted by Crippen LogP contribution is -2.03. The highest BCUT2D eigenvalue weighted by atomic mass is 16.5. The van der Waals surface area contributed by atoms with E-state index in [4.69, 9.17) is 4.74 Å². The lowest BCUT2D eigenvalue weighted by molar-refractivity contribution is 0.413. The fourth-order valence-electron chi connectivity index (χ4n) is 3.34. The number of rotatable bonds is 7. The molecule has 4 aromatic rings. The van der Waals surface area contributed by atoms with Crippen LogP contribution in [0.5, 0.6) is 5.75 Å². The average Bonchev–Trinajstić information content (AvgIpc) is 3.23. The number of nitrogens with one attached hydrogen (secondary N) is 1. The number of anilines is 1. The van der Waals surface area contributed by atoms with Crippen molar-refractivity contribution in [3.63, 3.8) is 0 Å². The van der Waals surface area contributed by atoms with Crippen LogP contribution in [0.4, 0.5) is 5.82 Å². The summed E-state index contributed by atoms with van der Waals surface area (Å²) in [6.45, 7) is 4.84. The Balaban J connectivity index is 1.49. The quantitative estimate of drug-likeness (QED) is 0.483. The van der Waals surface area contributed by atoms with Gasteiger partial charge < -0.3 is 14.6 Å². The van der Waals surface area contributed by atoms with Crippen LogP contribution in [-0.4, -0.2) is 26.9 Å². The summed E-state index contributed by atoms with van der Waals surface area (Å²) >= 11 is 0. The molecule has 6 heteroatoms. The molecule has 0 radical (unpaired) electrons. The average molecular weight is 399 g/mol. The van der Waals surface area contributed by atoms with Crippen LogP contribution in [-0.2, 0) is 13.0 Å². The van der Waals surface area contributed by atoms with Gasteiger partial charge in [0.15, 0.2) is 0 Å². The van der Waals surface area contributed by atoms with Crippen molar-refractivity contribution in [2.45, 2.75) is 26.8 Å². The van der Waals surface area contributed by atoms with Crippen LogP contribution >= 0.6 is 0 Å². The predicted molar refractivity (Wildman–Crippen MR) is 119 cm³/mol. The van der Waals surface area contributed by atoms with Gasteiger partial charge in [-0.25, -0.2) is 4.98 Å². The molecule has 2 aromatic carbocycles. The molecular weight excluding hydrogens is 374 g/mol. The Morgan fingerprint density at radius 2 is 1.87 bits per heavy atom. The molecule has 0 aliphatic carbocycles. The van der Waals surface area contributed by atoms with Gasteiger partial charge in [0.1, 0.15) is 11.6 Å². The maximum Gasteiger partial charge on any atom is 0.148 e. The Morgan fingerprint density at radius 3 is 2.57 bits per heavy atom. The third-order valence-electron chi connectivity index (χ3n) is 5.00. The van der Waals surface area contributed by atoms with Crippen molar-refractivity contribution >= 4 is 5.82 Å². The van der Waals surface area contributed by atoms with Gasteiger partial charge in [0.25, 0.3) is 0 Å². The third kappa shape index (κ3) is 4.33.